The molecule has 196 valence electrons. The fraction of sp³-hybridized carbons (Fsp3) is 0.207. The maximum absolute atomic E-state index is 13.0. The third-order valence-electron chi connectivity index (χ3n) is 5.87. The molecule has 1 heterocycles. The van der Waals surface area contributed by atoms with Crippen molar-refractivity contribution < 1.29 is 23.8 Å². The number of carbonyl (C=O) groups is 2. The Bertz CT molecular complexity index is 1380. The molecule has 9 nitrogen and oxygen atoms in total. The smallest absolute Gasteiger partial charge is 0.255 e. The van der Waals surface area contributed by atoms with Crippen LogP contribution in [0.5, 0.6) is 17.2 Å². The lowest BCUT2D eigenvalue weighted by Crippen LogP contribution is -2.13. The summed E-state index contributed by atoms with van der Waals surface area (Å²) in [4.78, 5) is 25.4. The minimum atomic E-state index is -0.319. The lowest BCUT2D eigenvalue weighted by atomic mass is 10.1. The third kappa shape index (κ3) is 6.50. The number of hydrogen-bond acceptors (Lipinski definition) is 6. The second kappa shape index (κ2) is 12.4. The maximum atomic E-state index is 13.0. The predicted octanol–water partition coefficient (Wildman–Crippen LogP) is 5.11. The van der Waals surface area contributed by atoms with Gasteiger partial charge in [0.05, 0.1) is 45.1 Å². The highest BCUT2D eigenvalue weighted by Crippen LogP contribution is 2.40. The molecule has 4 rings (SSSR count). The van der Waals surface area contributed by atoms with Crippen molar-refractivity contribution >= 4 is 23.2 Å². The van der Waals surface area contributed by atoms with E-state index in [1.54, 1.807) is 47.4 Å². The van der Waals surface area contributed by atoms with Crippen molar-refractivity contribution in [1.29, 1.82) is 0 Å². The quantitative estimate of drug-likeness (QED) is 0.288. The molecule has 0 atom stereocenters. The zero-order valence-corrected chi connectivity index (χ0v) is 21.6. The Morgan fingerprint density at radius 3 is 2.26 bits per heavy atom. The van der Waals surface area contributed by atoms with Crippen molar-refractivity contribution in [1.82, 2.24) is 9.78 Å². The Labute approximate surface area is 221 Å². The SMILES string of the molecule is COc1cc(NC(=O)c2cccc(-n3cc(NC(=O)CCCc4ccccc4)cn3)c2)cc(OC)c1OC. The van der Waals surface area contributed by atoms with Crippen LogP contribution in [0.1, 0.15) is 28.8 Å². The highest BCUT2D eigenvalue weighted by atomic mass is 16.5. The molecule has 0 fully saturated rings. The molecule has 0 aliphatic carbocycles. The number of amides is 2. The van der Waals surface area contributed by atoms with Gasteiger partial charge in [-0.3, -0.25) is 9.59 Å². The van der Waals surface area contributed by atoms with E-state index >= 15 is 0 Å². The average molecular weight is 515 g/mol. The summed E-state index contributed by atoms with van der Waals surface area (Å²) in [5.74, 6) is 0.913. The summed E-state index contributed by atoms with van der Waals surface area (Å²) in [5.41, 5.74) is 3.39. The molecule has 1 aromatic heterocycles. The third-order valence-corrected chi connectivity index (χ3v) is 5.87. The number of benzene rings is 3. The number of anilines is 2. The lowest BCUT2D eigenvalue weighted by molar-refractivity contribution is -0.116. The van der Waals surface area contributed by atoms with E-state index in [0.29, 0.717) is 46.3 Å². The van der Waals surface area contributed by atoms with E-state index in [2.05, 4.69) is 27.9 Å². The number of carbonyl (C=O) groups excluding carboxylic acids is 2. The molecular weight excluding hydrogens is 484 g/mol. The van der Waals surface area contributed by atoms with Gasteiger partial charge < -0.3 is 24.8 Å². The molecule has 0 spiro atoms. The first kappa shape index (κ1) is 26.3. The van der Waals surface area contributed by atoms with Crippen LogP contribution in [0, 0.1) is 0 Å². The van der Waals surface area contributed by atoms with Crippen LogP contribution in [-0.2, 0) is 11.2 Å². The second-order valence-corrected chi connectivity index (χ2v) is 8.48. The van der Waals surface area contributed by atoms with E-state index in [0.717, 1.165) is 12.8 Å². The molecule has 0 bridgehead atoms. The summed E-state index contributed by atoms with van der Waals surface area (Å²) in [6.45, 7) is 0. The van der Waals surface area contributed by atoms with E-state index in [4.69, 9.17) is 14.2 Å². The van der Waals surface area contributed by atoms with E-state index < -0.39 is 0 Å². The molecule has 0 saturated carbocycles. The van der Waals surface area contributed by atoms with Gasteiger partial charge in [-0.25, -0.2) is 4.68 Å². The van der Waals surface area contributed by atoms with E-state index in [9.17, 15) is 9.59 Å². The van der Waals surface area contributed by atoms with Crippen LogP contribution >= 0.6 is 0 Å². The molecule has 4 aromatic rings. The molecule has 0 unspecified atom stereocenters. The molecule has 3 aromatic carbocycles. The van der Waals surface area contributed by atoms with Gasteiger partial charge in [0.25, 0.3) is 5.91 Å². The maximum Gasteiger partial charge on any atom is 0.255 e. The average Bonchev–Trinajstić information content (AvgIpc) is 3.41. The van der Waals surface area contributed by atoms with Gasteiger partial charge in [-0.15, -0.1) is 0 Å². The number of ether oxygens (including phenoxy) is 3. The van der Waals surface area contributed by atoms with Gasteiger partial charge in [-0.2, -0.15) is 5.10 Å². The number of aromatic nitrogens is 2. The fourth-order valence-corrected chi connectivity index (χ4v) is 4.00. The van der Waals surface area contributed by atoms with Gasteiger partial charge in [0, 0.05) is 29.8 Å². The summed E-state index contributed by atoms with van der Waals surface area (Å²) in [5, 5.41) is 10.1. The van der Waals surface area contributed by atoms with Gasteiger partial charge in [-0.1, -0.05) is 36.4 Å². The normalized spacial score (nSPS) is 10.5. The lowest BCUT2D eigenvalue weighted by Gasteiger charge is -2.14. The van der Waals surface area contributed by atoms with Gasteiger partial charge >= 0.3 is 0 Å². The molecule has 2 N–H and O–H groups in total. The van der Waals surface area contributed by atoms with Crippen molar-refractivity contribution in [3.05, 3.63) is 90.3 Å². The Kier molecular flexibility index (Phi) is 8.61. The fourth-order valence-electron chi connectivity index (χ4n) is 4.00. The molecule has 0 saturated heterocycles. The highest BCUT2D eigenvalue weighted by molar-refractivity contribution is 6.05. The van der Waals surface area contributed by atoms with Crippen molar-refractivity contribution in [2.75, 3.05) is 32.0 Å². The summed E-state index contributed by atoms with van der Waals surface area (Å²) < 4.78 is 17.7. The van der Waals surface area contributed by atoms with Gasteiger partial charge in [0.2, 0.25) is 11.7 Å². The summed E-state index contributed by atoms with van der Waals surface area (Å²) >= 11 is 0. The first-order chi connectivity index (χ1) is 18.5. The standard InChI is InChI=1S/C29H30N4O5/c1-36-25-16-22(17-26(37-2)28(25)38-3)32-29(35)21-12-8-13-24(15-21)33-19-23(18-30-33)31-27(34)14-7-11-20-9-5-4-6-10-20/h4-6,8-10,12-13,15-19H,7,11,14H2,1-3H3,(H,31,34)(H,32,35). The first-order valence-electron chi connectivity index (χ1n) is 12.1. The van der Waals surface area contributed by atoms with Crippen molar-refractivity contribution in [2.24, 2.45) is 0 Å². The Balaban J connectivity index is 1.39. The largest absolute Gasteiger partial charge is 0.493 e. The Hall–Kier alpha value is -4.79. The zero-order valence-electron chi connectivity index (χ0n) is 21.6. The van der Waals surface area contributed by atoms with Crippen LogP contribution < -0.4 is 24.8 Å². The van der Waals surface area contributed by atoms with Crippen molar-refractivity contribution in [3.8, 4) is 22.9 Å². The first-order valence-corrected chi connectivity index (χ1v) is 12.1. The van der Waals surface area contributed by atoms with Crippen molar-refractivity contribution in [3.63, 3.8) is 0 Å². The summed E-state index contributed by atoms with van der Waals surface area (Å²) in [6.07, 6.45) is 5.31. The molecule has 0 radical (unpaired) electrons. The number of methoxy groups -OCH3 is 3. The summed E-state index contributed by atoms with van der Waals surface area (Å²) in [6, 6.07) is 20.4. The number of hydrogen-bond donors (Lipinski definition) is 2. The molecule has 2 amide bonds. The zero-order chi connectivity index (χ0) is 26.9. The van der Waals surface area contributed by atoms with E-state index in [-0.39, 0.29) is 11.8 Å². The topological polar surface area (TPSA) is 104 Å². The van der Waals surface area contributed by atoms with E-state index in [1.165, 1.54) is 26.9 Å². The van der Waals surface area contributed by atoms with Crippen LogP contribution in [0.4, 0.5) is 11.4 Å². The monoisotopic (exact) mass is 514 g/mol. The van der Waals surface area contributed by atoms with Crippen LogP contribution in [0.25, 0.3) is 5.69 Å². The molecular formula is C29H30N4O5. The number of rotatable bonds is 11. The minimum absolute atomic E-state index is 0.0704. The Morgan fingerprint density at radius 1 is 0.842 bits per heavy atom. The predicted molar refractivity (Wildman–Crippen MR) is 146 cm³/mol. The number of nitrogens with zero attached hydrogens (tertiary/aromatic N) is 2. The van der Waals surface area contributed by atoms with Crippen LogP contribution in [0.2, 0.25) is 0 Å². The molecule has 0 aliphatic heterocycles. The minimum Gasteiger partial charge on any atom is -0.493 e. The number of aryl methyl sites for hydroxylation is 1. The van der Waals surface area contributed by atoms with Crippen LogP contribution in [0.15, 0.2) is 79.1 Å². The second-order valence-electron chi connectivity index (χ2n) is 8.48. The number of nitrogens with one attached hydrogen (secondary N) is 2. The highest BCUT2D eigenvalue weighted by Gasteiger charge is 2.16. The molecule has 38 heavy (non-hydrogen) atoms. The van der Waals surface area contributed by atoms with Crippen LogP contribution in [0.3, 0.4) is 0 Å². The summed E-state index contributed by atoms with van der Waals surface area (Å²) in [7, 11) is 4.54. The van der Waals surface area contributed by atoms with E-state index in [1.807, 2.05) is 24.3 Å². The van der Waals surface area contributed by atoms with Crippen LogP contribution in [-0.4, -0.2) is 42.9 Å². The molecule has 0 aliphatic rings. The van der Waals surface area contributed by atoms with Gasteiger partial charge in [-0.05, 0) is 36.6 Å². The molecule has 9 heteroatoms. The van der Waals surface area contributed by atoms with Crippen molar-refractivity contribution in [2.45, 2.75) is 19.3 Å². The van der Waals surface area contributed by atoms with Gasteiger partial charge in [0.1, 0.15) is 0 Å². The Morgan fingerprint density at radius 2 is 1.58 bits per heavy atom. The van der Waals surface area contributed by atoms with Gasteiger partial charge in [0.15, 0.2) is 11.5 Å².